The zero-order chi connectivity index (χ0) is 11.8. The average molecular weight is 245 g/mol. The second-order valence-electron chi connectivity index (χ2n) is 4.16. The number of aliphatic hydroxyl groups excluding tert-OH is 1. The first-order valence-electron chi connectivity index (χ1n) is 5.15. The molecule has 2 N–H and O–H groups in total. The van der Waals surface area contributed by atoms with Crippen molar-refractivity contribution in [3.8, 4) is 0 Å². The molecule has 2 heterocycles. The predicted molar refractivity (Wildman–Crippen MR) is 57.1 cm³/mol. The van der Waals surface area contributed by atoms with E-state index in [1.165, 1.54) is 16.8 Å². The number of sulfonamides is 1. The van der Waals surface area contributed by atoms with Crippen molar-refractivity contribution in [1.82, 2.24) is 14.3 Å². The number of aromatic amines is 1. The van der Waals surface area contributed by atoms with Gasteiger partial charge in [0.25, 0.3) is 10.0 Å². The Bertz CT molecular complexity index is 443. The largest absolute Gasteiger partial charge is 0.396 e. The van der Waals surface area contributed by atoms with E-state index < -0.39 is 10.0 Å². The molecule has 1 aliphatic rings. The standard InChI is InChI=1S/C9H15N3O3S/c1-7-3-12(4-8(7)5-13)16(14,15)9-2-10-6-11-9/h2,6-8,13H,3-5H2,1H3,(H,10,11)/t7-,8+/m1/s1. The van der Waals surface area contributed by atoms with E-state index in [-0.39, 0.29) is 23.5 Å². The van der Waals surface area contributed by atoms with Gasteiger partial charge in [-0.15, -0.1) is 0 Å². The van der Waals surface area contributed by atoms with Gasteiger partial charge >= 0.3 is 0 Å². The number of hydrogen-bond acceptors (Lipinski definition) is 4. The topological polar surface area (TPSA) is 86.3 Å². The van der Waals surface area contributed by atoms with Crippen LogP contribution in [-0.4, -0.2) is 47.5 Å². The molecule has 0 saturated carbocycles. The Kier molecular flexibility index (Phi) is 3.00. The molecule has 1 aromatic rings. The third kappa shape index (κ3) is 1.85. The van der Waals surface area contributed by atoms with Gasteiger partial charge < -0.3 is 10.1 Å². The highest BCUT2D eigenvalue weighted by Crippen LogP contribution is 2.27. The number of imidazole rings is 1. The van der Waals surface area contributed by atoms with Crippen molar-refractivity contribution in [2.45, 2.75) is 11.9 Å². The smallest absolute Gasteiger partial charge is 0.260 e. The number of nitrogens with one attached hydrogen (secondary N) is 1. The van der Waals surface area contributed by atoms with Crippen molar-refractivity contribution in [2.75, 3.05) is 19.7 Å². The van der Waals surface area contributed by atoms with Crippen LogP contribution in [0.4, 0.5) is 0 Å². The maximum Gasteiger partial charge on any atom is 0.260 e. The van der Waals surface area contributed by atoms with Crippen LogP contribution in [0.3, 0.4) is 0 Å². The minimum atomic E-state index is -3.47. The third-order valence-corrected chi connectivity index (χ3v) is 4.82. The van der Waals surface area contributed by atoms with Gasteiger partial charge in [0.15, 0.2) is 5.03 Å². The Balaban J connectivity index is 2.21. The van der Waals surface area contributed by atoms with Crippen molar-refractivity contribution in [3.05, 3.63) is 12.5 Å². The van der Waals surface area contributed by atoms with Crippen LogP contribution in [0.25, 0.3) is 0 Å². The number of H-pyrrole nitrogens is 1. The lowest BCUT2D eigenvalue weighted by atomic mass is 10.00. The molecule has 7 heteroatoms. The number of rotatable bonds is 3. The van der Waals surface area contributed by atoms with Crippen LogP contribution in [0.2, 0.25) is 0 Å². The number of nitrogens with zero attached hydrogens (tertiary/aromatic N) is 2. The third-order valence-electron chi connectivity index (χ3n) is 3.06. The van der Waals surface area contributed by atoms with Crippen LogP contribution >= 0.6 is 0 Å². The molecule has 0 spiro atoms. The van der Waals surface area contributed by atoms with Crippen molar-refractivity contribution >= 4 is 10.0 Å². The van der Waals surface area contributed by atoms with Crippen LogP contribution in [-0.2, 0) is 10.0 Å². The Labute approximate surface area is 94.4 Å². The first-order valence-corrected chi connectivity index (χ1v) is 6.59. The monoisotopic (exact) mass is 245 g/mol. The molecule has 0 aromatic carbocycles. The molecule has 2 atom stereocenters. The summed E-state index contributed by atoms with van der Waals surface area (Å²) in [6.07, 6.45) is 2.64. The zero-order valence-corrected chi connectivity index (χ0v) is 9.81. The van der Waals surface area contributed by atoms with Gasteiger partial charge in [-0.3, -0.25) is 0 Å². The lowest BCUT2D eigenvalue weighted by Gasteiger charge is -2.14. The molecule has 0 bridgehead atoms. The van der Waals surface area contributed by atoms with E-state index in [4.69, 9.17) is 5.11 Å². The molecule has 1 saturated heterocycles. The van der Waals surface area contributed by atoms with Crippen LogP contribution in [0.1, 0.15) is 6.92 Å². The fourth-order valence-corrected chi connectivity index (χ4v) is 3.44. The van der Waals surface area contributed by atoms with Crippen LogP contribution < -0.4 is 0 Å². The van der Waals surface area contributed by atoms with E-state index in [1.807, 2.05) is 6.92 Å². The maximum atomic E-state index is 12.1. The van der Waals surface area contributed by atoms with Gasteiger partial charge in [-0.1, -0.05) is 6.92 Å². The second-order valence-corrected chi connectivity index (χ2v) is 6.06. The molecule has 1 aromatic heterocycles. The highest BCUT2D eigenvalue weighted by atomic mass is 32.2. The molecule has 16 heavy (non-hydrogen) atoms. The van der Waals surface area contributed by atoms with E-state index in [0.29, 0.717) is 13.1 Å². The molecule has 0 aliphatic carbocycles. The molecule has 90 valence electrons. The Morgan fingerprint density at radius 2 is 2.38 bits per heavy atom. The normalized spacial score (nSPS) is 27.4. The van der Waals surface area contributed by atoms with Crippen LogP contribution in [0.15, 0.2) is 17.6 Å². The first kappa shape index (κ1) is 11.6. The summed E-state index contributed by atoms with van der Waals surface area (Å²) in [6, 6.07) is 0. The average Bonchev–Trinajstić information content (AvgIpc) is 2.85. The van der Waals surface area contributed by atoms with Gasteiger partial charge in [-0.25, -0.2) is 13.4 Å². The molecule has 0 radical (unpaired) electrons. The van der Waals surface area contributed by atoms with Gasteiger partial charge in [-0.05, 0) is 11.8 Å². The molecule has 1 aliphatic heterocycles. The quantitative estimate of drug-likeness (QED) is 0.762. The lowest BCUT2D eigenvalue weighted by Crippen LogP contribution is -2.29. The van der Waals surface area contributed by atoms with Crippen LogP contribution in [0.5, 0.6) is 0 Å². The summed E-state index contributed by atoms with van der Waals surface area (Å²) >= 11 is 0. The summed E-state index contributed by atoms with van der Waals surface area (Å²) in [7, 11) is -3.47. The fourth-order valence-electron chi connectivity index (χ4n) is 1.94. The van der Waals surface area contributed by atoms with E-state index >= 15 is 0 Å². The highest BCUT2D eigenvalue weighted by molar-refractivity contribution is 7.89. The summed E-state index contributed by atoms with van der Waals surface area (Å²) < 4.78 is 25.5. The van der Waals surface area contributed by atoms with Crippen molar-refractivity contribution < 1.29 is 13.5 Å². The minimum absolute atomic E-state index is 0.0240. The number of aliphatic hydroxyl groups is 1. The Morgan fingerprint density at radius 1 is 1.62 bits per heavy atom. The highest BCUT2D eigenvalue weighted by Gasteiger charge is 2.37. The molecule has 6 nitrogen and oxygen atoms in total. The van der Waals surface area contributed by atoms with E-state index in [2.05, 4.69) is 9.97 Å². The summed E-state index contributed by atoms with van der Waals surface area (Å²) in [6.45, 7) is 2.80. The molecular weight excluding hydrogens is 230 g/mol. The molecule has 0 unspecified atom stereocenters. The van der Waals surface area contributed by atoms with Gasteiger partial charge in [0.1, 0.15) is 0 Å². The molecule has 1 fully saturated rings. The predicted octanol–water partition coefficient (Wildman–Crippen LogP) is -0.341. The summed E-state index contributed by atoms with van der Waals surface area (Å²) in [5, 5.41) is 9.22. The van der Waals surface area contributed by atoms with Gasteiger partial charge in [0.05, 0.1) is 12.5 Å². The second kappa shape index (κ2) is 4.15. The first-order chi connectivity index (χ1) is 7.55. The van der Waals surface area contributed by atoms with Crippen molar-refractivity contribution in [1.29, 1.82) is 0 Å². The minimum Gasteiger partial charge on any atom is -0.396 e. The summed E-state index contributed by atoms with van der Waals surface area (Å²) in [4.78, 5) is 6.31. The lowest BCUT2D eigenvalue weighted by molar-refractivity contribution is 0.210. The molecular formula is C9H15N3O3S. The van der Waals surface area contributed by atoms with Crippen LogP contribution in [0, 0.1) is 11.8 Å². The van der Waals surface area contributed by atoms with Gasteiger partial charge in [0, 0.05) is 19.7 Å². The molecule has 0 amide bonds. The van der Waals surface area contributed by atoms with Crippen molar-refractivity contribution in [2.24, 2.45) is 11.8 Å². The summed E-state index contributed by atoms with van der Waals surface area (Å²) in [5.41, 5.74) is 0. The fraction of sp³-hybridized carbons (Fsp3) is 0.667. The summed E-state index contributed by atoms with van der Waals surface area (Å²) in [5.74, 6) is 0.209. The zero-order valence-electron chi connectivity index (χ0n) is 9.00. The van der Waals surface area contributed by atoms with E-state index in [9.17, 15) is 8.42 Å². The number of aromatic nitrogens is 2. The van der Waals surface area contributed by atoms with E-state index in [0.717, 1.165) is 0 Å². The Morgan fingerprint density at radius 3 is 2.88 bits per heavy atom. The maximum absolute atomic E-state index is 12.1. The van der Waals surface area contributed by atoms with E-state index in [1.54, 1.807) is 0 Å². The van der Waals surface area contributed by atoms with Crippen molar-refractivity contribution in [3.63, 3.8) is 0 Å². The van der Waals surface area contributed by atoms with Gasteiger partial charge in [-0.2, -0.15) is 4.31 Å². The molecule has 2 rings (SSSR count). The number of hydrogen-bond donors (Lipinski definition) is 2. The van der Waals surface area contributed by atoms with Gasteiger partial charge in [0.2, 0.25) is 0 Å². The Hall–Kier alpha value is -0.920. The SMILES string of the molecule is C[C@@H]1CN(S(=O)(=O)c2cnc[nH]2)C[C@H]1CO.